The number of H-pyrrole nitrogens is 1. The molecule has 0 atom stereocenters. The van der Waals surface area contributed by atoms with E-state index in [-0.39, 0.29) is 5.78 Å². The molecule has 3 rings (SSSR count). The Morgan fingerprint density at radius 1 is 1.35 bits per heavy atom. The monoisotopic (exact) mass is 226 g/mol. The zero-order valence-corrected chi connectivity index (χ0v) is 9.23. The number of allylic oxidation sites excluding steroid dienone is 1. The van der Waals surface area contributed by atoms with Crippen molar-refractivity contribution in [2.45, 2.75) is 6.92 Å². The van der Waals surface area contributed by atoms with E-state index < -0.39 is 0 Å². The molecule has 1 N–H and O–H groups in total. The summed E-state index contributed by atoms with van der Waals surface area (Å²) in [5.74, 6) is 0.835. The highest BCUT2D eigenvalue weighted by Gasteiger charge is 2.26. The number of aromatic amines is 1. The van der Waals surface area contributed by atoms with Crippen LogP contribution in [0, 0.1) is 6.92 Å². The molecule has 0 saturated heterocycles. The van der Waals surface area contributed by atoms with Gasteiger partial charge in [-0.05, 0) is 19.1 Å². The first-order valence-corrected chi connectivity index (χ1v) is 5.29. The summed E-state index contributed by atoms with van der Waals surface area (Å²) >= 11 is 0. The molecule has 1 aromatic heterocycles. The Bertz CT molecular complexity index is 626. The van der Waals surface area contributed by atoms with Crippen LogP contribution < -0.4 is 4.74 Å². The summed E-state index contributed by atoms with van der Waals surface area (Å²) in [6.07, 6.45) is 3.25. The van der Waals surface area contributed by atoms with Gasteiger partial charge in [-0.1, -0.05) is 12.1 Å². The number of benzene rings is 1. The number of Topliss-reactive ketones (excluding diaryl/α,β-unsaturated/α-hetero) is 1. The highest BCUT2D eigenvalue weighted by Crippen LogP contribution is 2.31. The highest BCUT2D eigenvalue weighted by molar-refractivity contribution is 6.14. The lowest BCUT2D eigenvalue weighted by atomic mass is 10.1. The topological polar surface area (TPSA) is 55.0 Å². The predicted molar refractivity (Wildman–Crippen MR) is 62.7 cm³/mol. The maximum absolute atomic E-state index is 12.0. The van der Waals surface area contributed by atoms with Gasteiger partial charge in [-0.25, -0.2) is 4.98 Å². The van der Waals surface area contributed by atoms with Crippen LogP contribution in [0.3, 0.4) is 0 Å². The highest BCUT2D eigenvalue weighted by atomic mass is 16.5. The van der Waals surface area contributed by atoms with Gasteiger partial charge in [0.15, 0.2) is 5.76 Å². The largest absolute Gasteiger partial charge is 0.452 e. The lowest BCUT2D eigenvalue weighted by Gasteiger charge is -1.96. The van der Waals surface area contributed by atoms with Crippen LogP contribution in [-0.4, -0.2) is 15.8 Å². The van der Waals surface area contributed by atoms with Crippen LogP contribution in [0.5, 0.6) is 5.75 Å². The fraction of sp³-hybridized carbons (Fsp3) is 0.0769. The van der Waals surface area contributed by atoms with Crippen molar-refractivity contribution >= 4 is 11.9 Å². The normalized spacial score (nSPS) is 16.1. The molecule has 2 aromatic rings. The number of carbonyl (C=O) groups excluding carboxylic acids is 1. The summed E-state index contributed by atoms with van der Waals surface area (Å²) in [4.78, 5) is 19.1. The van der Waals surface area contributed by atoms with Crippen molar-refractivity contribution in [3.8, 4) is 5.75 Å². The SMILES string of the molecule is Cc1[nH]cnc1/C=C1/Oc2ccccc2C1=O. The molecule has 84 valence electrons. The van der Waals surface area contributed by atoms with E-state index in [4.69, 9.17) is 4.74 Å². The zero-order chi connectivity index (χ0) is 11.8. The molecule has 0 amide bonds. The number of ketones is 1. The van der Waals surface area contributed by atoms with Crippen molar-refractivity contribution < 1.29 is 9.53 Å². The third-order valence-electron chi connectivity index (χ3n) is 2.71. The molecule has 0 unspecified atom stereocenters. The molecule has 1 aliphatic rings. The molecule has 4 nitrogen and oxygen atoms in total. The third-order valence-corrected chi connectivity index (χ3v) is 2.71. The van der Waals surface area contributed by atoms with E-state index in [0.29, 0.717) is 17.1 Å². The molecule has 0 bridgehead atoms. The molecule has 2 heterocycles. The quantitative estimate of drug-likeness (QED) is 0.759. The number of nitrogens with one attached hydrogen (secondary N) is 1. The fourth-order valence-electron chi connectivity index (χ4n) is 1.77. The van der Waals surface area contributed by atoms with E-state index in [1.54, 1.807) is 24.5 Å². The van der Waals surface area contributed by atoms with Crippen LogP contribution >= 0.6 is 0 Å². The smallest absolute Gasteiger partial charge is 0.232 e. The third kappa shape index (κ3) is 1.54. The molecular weight excluding hydrogens is 216 g/mol. The second-order valence-corrected chi connectivity index (χ2v) is 3.85. The van der Waals surface area contributed by atoms with Gasteiger partial charge in [-0.3, -0.25) is 4.79 Å². The number of hydrogen-bond donors (Lipinski definition) is 1. The lowest BCUT2D eigenvalue weighted by molar-refractivity contribution is 0.101. The lowest BCUT2D eigenvalue weighted by Crippen LogP contribution is -1.98. The number of ether oxygens (including phenoxy) is 1. The Hall–Kier alpha value is -2.36. The van der Waals surface area contributed by atoms with Gasteiger partial charge in [0.25, 0.3) is 0 Å². The van der Waals surface area contributed by atoms with Crippen LogP contribution in [0.1, 0.15) is 21.7 Å². The Morgan fingerprint density at radius 3 is 2.88 bits per heavy atom. The number of hydrogen-bond acceptors (Lipinski definition) is 3. The number of carbonyl (C=O) groups is 1. The van der Waals surface area contributed by atoms with Crippen molar-refractivity contribution in [3.05, 3.63) is 53.3 Å². The first-order valence-electron chi connectivity index (χ1n) is 5.29. The van der Waals surface area contributed by atoms with E-state index in [9.17, 15) is 4.79 Å². The number of imidazole rings is 1. The Kier molecular flexibility index (Phi) is 2.08. The van der Waals surface area contributed by atoms with E-state index in [0.717, 1.165) is 11.4 Å². The van der Waals surface area contributed by atoms with Crippen molar-refractivity contribution in [1.82, 2.24) is 9.97 Å². The summed E-state index contributed by atoms with van der Waals surface area (Å²) in [5, 5.41) is 0. The fourth-order valence-corrected chi connectivity index (χ4v) is 1.77. The molecule has 0 aliphatic carbocycles. The van der Waals surface area contributed by atoms with Crippen molar-refractivity contribution in [3.63, 3.8) is 0 Å². The van der Waals surface area contributed by atoms with Crippen LogP contribution in [0.2, 0.25) is 0 Å². The number of rotatable bonds is 1. The summed E-state index contributed by atoms with van der Waals surface area (Å²) in [7, 11) is 0. The molecule has 0 saturated carbocycles. The minimum absolute atomic E-state index is 0.0944. The molecule has 1 aliphatic heterocycles. The van der Waals surface area contributed by atoms with E-state index in [1.165, 1.54) is 0 Å². The van der Waals surface area contributed by atoms with Gasteiger partial charge in [-0.15, -0.1) is 0 Å². The molecule has 0 spiro atoms. The van der Waals surface area contributed by atoms with Gasteiger partial charge in [-0.2, -0.15) is 0 Å². The standard InChI is InChI=1S/C13H10N2O2/c1-8-10(15-7-14-8)6-12-13(16)9-4-2-3-5-11(9)17-12/h2-7H,1H3,(H,14,15)/b12-6+. The summed E-state index contributed by atoms with van der Waals surface area (Å²) in [6, 6.07) is 7.21. The zero-order valence-electron chi connectivity index (χ0n) is 9.23. The first-order chi connectivity index (χ1) is 8.25. The Balaban J connectivity index is 2.02. The Morgan fingerprint density at radius 2 is 2.18 bits per heavy atom. The molecule has 0 radical (unpaired) electrons. The minimum atomic E-state index is -0.0944. The second-order valence-electron chi connectivity index (χ2n) is 3.85. The molecule has 1 aromatic carbocycles. The van der Waals surface area contributed by atoms with E-state index in [2.05, 4.69) is 9.97 Å². The average molecular weight is 226 g/mol. The summed E-state index contributed by atoms with van der Waals surface area (Å²) in [6.45, 7) is 1.89. The Labute approximate surface area is 98.0 Å². The van der Waals surface area contributed by atoms with Crippen LogP contribution in [0.4, 0.5) is 0 Å². The van der Waals surface area contributed by atoms with Crippen LogP contribution in [0.15, 0.2) is 36.4 Å². The molecule has 4 heteroatoms. The minimum Gasteiger partial charge on any atom is -0.452 e. The van der Waals surface area contributed by atoms with E-state index >= 15 is 0 Å². The van der Waals surface area contributed by atoms with Gasteiger partial charge in [0, 0.05) is 11.8 Å². The van der Waals surface area contributed by atoms with E-state index in [1.807, 2.05) is 19.1 Å². The van der Waals surface area contributed by atoms with Gasteiger partial charge in [0.1, 0.15) is 5.75 Å². The predicted octanol–water partition coefficient (Wildman–Crippen LogP) is 2.33. The number of aromatic nitrogens is 2. The number of nitrogens with zero attached hydrogens (tertiary/aromatic N) is 1. The van der Waals surface area contributed by atoms with Gasteiger partial charge in [0.2, 0.25) is 5.78 Å². The van der Waals surface area contributed by atoms with Gasteiger partial charge in [0.05, 0.1) is 17.6 Å². The van der Waals surface area contributed by atoms with Crippen molar-refractivity contribution in [2.24, 2.45) is 0 Å². The number of fused-ring (bicyclic) bond motifs is 1. The van der Waals surface area contributed by atoms with Crippen LogP contribution in [-0.2, 0) is 0 Å². The second kappa shape index (κ2) is 3.59. The molecule has 17 heavy (non-hydrogen) atoms. The first kappa shape index (κ1) is 9.84. The van der Waals surface area contributed by atoms with Crippen LogP contribution in [0.25, 0.3) is 6.08 Å². The summed E-state index contributed by atoms with van der Waals surface area (Å²) < 4.78 is 5.51. The van der Waals surface area contributed by atoms with Gasteiger partial charge < -0.3 is 9.72 Å². The maximum Gasteiger partial charge on any atom is 0.232 e. The molecular formula is C13H10N2O2. The van der Waals surface area contributed by atoms with Crippen molar-refractivity contribution in [1.29, 1.82) is 0 Å². The summed E-state index contributed by atoms with van der Waals surface area (Å²) in [5.41, 5.74) is 2.23. The number of aryl methyl sites for hydroxylation is 1. The average Bonchev–Trinajstić information content (AvgIpc) is 2.87. The number of para-hydroxylation sites is 1. The maximum atomic E-state index is 12.0. The van der Waals surface area contributed by atoms with Crippen molar-refractivity contribution in [2.75, 3.05) is 0 Å². The molecule has 0 fully saturated rings. The van der Waals surface area contributed by atoms with Gasteiger partial charge >= 0.3 is 0 Å².